The number of nitrogens with zero attached hydrogens (tertiary/aromatic N) is 2. The van der Waals surface area contributed by atoms with E-state index in [1.54, 1.807) is 0 Å². The van der Waals surface area contributed by atoms with E-state index >= 15 is 0 Å². The Labute approximate surface area is 90.4 Å². The molecule has 1 aliphatic heterocycles. The third kappa shape index (κ3) is 3.56. The molecular weight excluding hydrogens is 228 g/mol. The van der Waals surface area contributed by atoms with Crippen molar-refractivity contribution in [3.05, 3.63) is 0 Å². The van der Waals surface area contributed by atoms with Gasteiger partial charge in [-0.15, -0.1) is 0 Å². The molecule has 1 fully saturated rings. The van der Waals surface area contributed by atoms with Crippen molar-refractivity contribution in [3.63, 3.8) is 0 Å². The lowest BCUT2D eigenvalue weighted by Crippen LogP contribution is -2.49. The second-order valence-electron chi connectivity index (χ2n) is 3.82. The molecule has 0 spiro atoms. The van der Waals surface area contributed by atoms with Gasteiger partial charge in [-0.05, 0) is 13.3 Å². The summed E-state index contributed by atoms with van der Waals surface area (Å²) in [5.74, 6) is 0. The van der Waals surface area contributed by atoms with Crippen LogP contribution in [0.3, 0.4) is 0 Å². The molecule has 0 radical (unpaired) electrons. The molecule has 0 N–H and O–H groups in total. The van der Waals surface area contributed by atoms with E-state index < -0.39 is 0 Å². The van der Waals surface area contributed by atoms with Gasteiger partial charge in [-0.2, -0.15) is 0 Å². The van der Waals surface area contributed by atoms with Gasteiger partial charge in [0.2, 0.25) is 0 Å². The third-order valence-corrected chi connectivity index (χ3v) is 3.38. The zero-order valence-corrected chi connectivity index (χ0v) is 10.4. The Morgan fingerprint density at radius 3 is 2.31 bits per heavy atom. The molecule has 1 aliphatic rings. The van der Waals surface area contributed by atoms with Gasteiger partial charge in [0.25, 0.3) is 0 Å². The molecule has 78 valence electrons. The molecule has 0 aliphatic carbocycles. The molecule has 2 nitrogen and oxygen atoms in total. The van der Waals surface area contributed by atoms with Crippen LogP contribution < -0.4 is 0 Å². The molecule has 0 aromatic carbocycles. The van der Waals surface area contributed by atoms with Crippen LogP contribution in [0, 0.1) is 0 Å². The number of alkyl halides is 1. The smallest absolute Gasteiger partial charge is 0.0159 e. The fourth-order valence-corrected chi connectivity index (χ4v) is 2.31. The monoisotopic (exact) mass is 248 g/mol. The quantitative estimate of drug-likeness (QED) is 0.701. The number of piperazine rings is 1. The highest BCUT2D eigenvalue weighted by Gasteiger charge is 2.18. The predicted octanol–water partition coefficient (Wildman–Crippen LogP) is 1.80. The molecule has 0 aromatic rings. The minimum atomic E-state index is 0.770. The molecule has 1 atom stereocenters. The Bertz CT molecular complexity index is 133. The fourth-order valence-electron chi connectivity index (χ4n) is 1.81. The largest absolute Gasteiger partial charge is 0.300 e. The number of halogens is 1. The van der Waals surface area contributed by atoms with E-state index in [0.717, 1.165) is 11.4 Å². The molecule has 0 bridgehead atoms. The Hall–Kier alpha value is 0.400. The first-order valence-electron chi connectivity index (χ1n) is 5.30. The van der Waals surface area contributed by atoms with Gasteiger partial charge in [0.1, 0.15) is 0 Å². The summed E-state index contributed by atoms with van der Waals surface area (Å²) in [6, 6.07) is 0.770. The fraction of sp³-hybridized carbons (Fsp3) is 1.00. The summed E-state index contributed by atoms with van der Waals surface area (Å²) in [5, 5.41) is 1.11. The average molecular weight is 249 g/mol. The van der Waals surface area contributed by atoms with Crippen molar-refractivity contribution in [2.45, 2.75) is 26.3 Å². The van der Waals surface area contributed by atoms with E-state index in [1.807, 2.05) is 0 Å². The van der Waals surface area contributed by atoms with Crippen LogP contribution in [0.15, 0.2) is 0 Å². The van der Waals surface area contributed by atoms with E-state index in [-0.39, 0.29) is 0 Å². The summed E-state index contributed by atoms with van der Waals surface area (Å²) >= 11 is 3.49. The molecule has 0 aromatic heterocycles. The lowest BCUT2D eigenvalue weighted by Gasteiger charge is -2.37. The lowest BCUT2D eigenvalue weighted by atomic mass is 10.2. The van der Waals surface area contributed by atoms with Crippen LogP contribution in [-0.2, 0) is 0 Å². The lowest BCUT2D eigenvalue weighted by molar-refractivity contribution is 0.105. The third-order valence-electron chi connectivity index (χ3n) is 3.02. The van der Waals surface area contributed by atoms with E-state index in [1.165, 1.54) is 39.1 Å². The van der Waals surface area contributed by atoms with Crippen LogP contribution in [0.25, 0.3) is 0 Å². The van der Waals surface area contributed by atoms with Crippen molar-refractivity contribution < 1.29 is 0 Å². The second kappa shape index (κ2) is 5.99. The molecule has 3 heteroatoms. The average Bonchev–Trinajstić information content (AvgIpc) is 2.18. The highest BCUT2D eigenvalue weighted by Crippen LogP contribution is 2.08. The summed E-state index contributed by atoms with van der Waals surface area (Å²) < 4.78 is 0. The Morgan fingerprint density at radius 2 is 1.85 bits per heavy atom. The number of hydrogen-bond acceptors (Lipinski definition) is 2. The summed E-state index contributed by atoms with van der Waals surface area (Å²) in [4.78, 5) is 5.14. The molecule has 13 heavy (non-hydrogen) atoms. The van der Waals surface area contributed by atoms with Gasteiger partial charge >= 0.3 is 0 Å². The van der Waals surface area contributed by atoms with Gasteiger partial charge in [-0.1, -0.05) is 22.9 Å². The van der Waals surface area contributed by atoms with Gasteiger partial charge in [0.05, 0.1) is 0 Å². The van der Waals surface area contributed by atoms with Gasteiger partial charge in [-0.25, -0.2) is 0 Å². The second-order valence-corrected chi connectivity index (χ2v) is 4.62. The van der Waals surface area contributed by atoms with Crippen molar-refractivity contribution in [3.8, 4) is 0 Å². The first-order valence-corrected chi connectivity index (χ1v) is 6.42. The maximum absolute atomic E-state index is 3.49. The van der Waals surface area contributed by atoms with Crippen LogP contribution in [0.5, 0.6) is 0 Å². The summed E-state index contributed by atoms with van der Waals surface area (Å²) in [6.07, 6.45) is 1.28. The Morgan fingerprint density at radius 1 is 1.23 bits per heavy atom. The first kappa shape index (κ1) is 11.5. The van der Waals surface area contributed by atoms with Crippen LogP contribution in [0.2, 0.25) is 0 Å². The summed E-state index contributed by atoms with van der Waals surface area (Å²) in [6.45, 7) is 10.8. The normalized spacial score (nSPS) is 23.3. The molecule has 0 saturated carbocycles. The molecule has 1 rings (SSSR count). The maximum Gasteiger partial charge on any atom is 0.0159 e. The first-order chi connectivity index (χ1) is 6.27. The highest BCUT2D eigenvalue weighted by atomic mass is 79.9. The van der Waals surface area contributed by atoms with Crippen molar-refractivity contribution in [2.24, 2.45) is 0 Å². The predicted molar refractivity (Wildman–Crippen MR) is 61.6 cm³/mol. The Balaban J connectivity index is 2.22. The number of hydrogen-bond donors (Lipinski definition) is 0. The number of rotatable bonds is 4. The Kier molecular flexibility index (Phi) is 5.29. The van der Waals surface area contributed by atoms with E-state index in [4.69, 9.17) is 0 Å². The van der Waals surface area contributed by atoms with E-state index in [0.29, 0.717) is 0 Å². The van der Waals surface area contributed by atoms with Crippen LogP contribution in [0.1, 0.15) is 20.3 Å². The standard InChI is InChI=1S/C10H21BrN2/c1-3-10(2)13-8-6-12(5-4-11)7-9-13/h10H,3-9H2,1-2H3. The van der Waals surface area contributed by atoms with Crippen LogP contribution in [-0.4, -0.2) is 53.9 Å². The minimum absolute atomic E-state index is 0.770. The van der Waals surface area contributed by atoms with Crippen molar-refractivity contribution in [1.29, 1.82) is 0 Å². The van der Waals surface area contributed by atoms with Crippen LogP contribution >= 0.6 is 15.9 Å². The molecule has 1 heterocycles. The molecule has 1 saturated heterocycles. The summed E-state index contributed by atoms with van der Waals surface area (Å²) in [5.41, 5.74) is 0. The van der Waals surface area contributed by atoms with Gasteiger partial charge in [0.15, 0.2) is 0 Å². The van der Waals surface area contributed by atoms with Crippen molar-refractivity contribution >= 4 is 15.9 Å². The van der Waals surface area contributed by atoms with E-state index in [9.17, 15) is 0 Å². The van der Waals surface area contributed by atoms with E-state index in [2.05, 4.69) is 39.6 Å². The van der Waals surface area contributed by atoms with Gasteiger partial charge in [-0.3, -0.25) is 9.80 Å². The van der Waals surface area contributed by atoms with Crippen molar-refractivity contribution in [2.75, 3.05) is 38.1 Å². The van der Waals surface area contributed by atoms with Gasteiger partial charge in [0, 0.05) is 44.1 Å². The topological polar surface area (TPSA) is 6.48 Å². The SMILES string of the molecule is CCC(C)N1CCN(CCBr)CC1. The zero-order chi connectivity index (χ0) is 9.68. The summed E-state index contributed by atoms with van der Waals surface area (Å²) in [7, 11) is 0. The van der Waals surface area contributed by atoms with Gasteiger partial charge < -0.3 is 0 Å². The molecular formula is C10H21BrN2. The minimum Gasteiger partial charge on any atom is -0.300 e. The van der Waals surface area contributed by atoms with Crippen molar-refractivity contribution in [1.82, 2.24) is 9.80 Å². The van der Waals surface area contributed by atoms with Crippen LogP contribution in [0.4, 0.5) is 0 Å². The highest BCUT2D eigenvalue weighted by molar-refractivity contribution is 9.09. The molecule has 0 amide bonds. The molecule has 1 unspecified atom stereocenters. The zero-order valence-electron chi connectivity index (χ0n) is 8.80. The maximum atomic E-state index is 3.49.